The van der Waals surface area contributed by atoms with Crippen molar-refractivity contribution in [3.05, 3.63) is 29.8 Å². The van der Waals surface area contributed by atoms with Gasteiger partial charge in [0.25, 0.3) is 5.91 Å². The van der Waals surface area contributed by atoms with Gasteiger partial charge in [0.15, 0.2) is 5.78 Å². The highest BCUT2D eigenvalue weighted by Gasteiger charge is 2.56. The molecule has 4 atom stereocenters. The molecule has 4 fully saturated rings. The van der Waals surface area contributed by atoms with Crippen LogP contribution in [0, 0.1) is 17.3 Å². The number of Topliss-reactive ketones (excluding diaryl/α,β-unsaturated/α-hetero) is 1. The van der Waals surface area contributed by atoms with E-state index >= 15 is 0 Å². The van der Waals surface area contributed by atoms with Crippen LogP contribution in [-0.4, -0.2) is 92.0 Å². The van der Waals surface area contributed by atoms with Crippen molar-refractivity contribution in [1.82, 2.24) is 15.1 Å². The van der Waals surface area contributed by atoms with Gasteiger partial charge in [-0.2, -0.15) is 0 Å². The lowest BCUT2D eigenvalue weighted by atomic mass is 9.78. The summed E-state index contributed by atoms with van der Waals surface area (Å²) in [6.07, 6.45) is 3.67. The summed E-state index contributed by atoms with van der Waals surface area (Å²) in [5.41, 5.74) is 1.57. The summed E-state index contributed by atoms with van der Waals surface area (Å²) in [5.74, 6) is -0.219. The van der Waals surface area contributed by atoms with Gasteiger partial charge in [-0.05, 0) is 55.5 Å². The molecule has 37 heavy (non-hydrogen) atoms. The predicted molar refractivity (Wildman–Crippen MR) is 143 cm³/mol. The molecule has 4 aliphatic rings. The first-order chi connectivity index (χ1) is 17.6. The normalized spacial score (nSPS) is 28.0. The Morgan fingerprint density at radius 3 is 2.30 bits per heavy atom. The number of ether oxygens (including phenoxy) is 1. The number of carbonyl (C=O) groups is 3. The van der Waals surface area contributed by atoms with E-state index < -0.39 is 12.1 Å². The Bertz CT molecular complexity index is 1010. The van der Waals surface area contributed by atoms with Crippen LogP contribution in [0.2, 0.25) is 0 Å². The Balaban J connectivity index is 1.32. The van der Waals surface area contributed by atoms with Crippen LogP contribution in [0.1, 0.15) is 56.8 Å². The van der Waals surface area contributed by atoms with Crippen molar-refractivity contribution in [2.24, 2.45) is 17.3 Å². The molecule has 3 heterocycles. The van der Waals surface area contributed by atoms with E-state index in [1.165, 1.54) is 0 Å². The third-order valence-electron chi connectivity index (χ3n) is 9.00. The molecule has 1 aliphatic carbocycles. The molecule has 5 rings (SSSR count). The standard InChI is InChI=1S/C29H42N4O4/c1-29(2,3)22-17-33(25-23(34)18-37-26(22)25)28(36)24(19-7-5-6-8-19)30-27(35)20-9-11-21(12-10-20)32-15-13-31(4)14-16-32/h9-12,19,22,24-26H,5-8,13-18H2,1-4H3,(H,30,35)/t22-,24-,25+,26+/m0/s1. The number of benzene rings is 1. The largest absolute Gasteiger partial charge is 0.369 e. The molecule has 1 aromatic rings. The Morgan fingerprint density at radius 2 is 1.68 bits per heavy atom. The van der Waals surface area contributed by atoms with Gasteiger partial charge in [0.2, 0.25) is 5.91 Å². The minimum atomic E-state index is -0.625. The minimum Gasteiger partial charge on any atom is -0.369 e. The zero-order valence-corrected chi connectivity index (χ0v) is 22.7. The summed E-state index contributed by atoms with van der Waals surface area (Å²) >= 11 is 0. The topological polar surface area (TPSA) is 82.2 Å². The van der Waals surface area contributed by atoms with Gasteiger partial charge in [-0.3, -0.25) is 14.4 Å². The first kappa shape index (κ1) is 26.2. The Morgan fingerprint density at radius 1 is 1.03 bits per heavy atom. The molecule has 0 unspecified atom stereocenters. The maximum Gasteiger partial charge on any atom is 0.251 e. The molecule has 0 spiro atoms. The number of carbonyl (C=O) groups excluding carboxylic acids is 3. The van der Waals surface area contributed by atoms with E-state index in [0.717, 1.165) is 57.5 Å². The molecule has 1 aromatic carbocycles. The predicted octanol–water partition coefficient (Wildman–Crippen LogP) is 2.57. The van der Waals surface area contributed by atoms with Crippen LogP contribution in [0.3, 0.4) is 0 Å². The molecule has 3 aliphatic heterocycles. The minimum absolute atomic E-state index is 0.0268. The molecule has 3 saturated heterocycles. The van der Waals surface area contributed by atoms with E-state index in [2.05, 4.69) is 42.9 Å². The molecule has 0 radical (unpaired) electrons. The third-order valence-corrected chi connectivity index (χ3v) is 9.00. The number of likely N-dealkylation sites (N-methyl/N-ethyl adjacent to an activating group) is 1. The van der Waals surface area contributed by atoms with E-state index in [4.69, 9.17) is 4.74 Å². The summed E-state index contributed by atoms with van der Waals surface area (Å²) in [7, 11) is 2.13. The monoisotopic (exact) mass is 510 g/mol. The highest BCUT2D eigenvalue weighted by molar-refractivity contribution is 5.99. The number of anilines is 1. The van der Waals surface area contributed by atoms with Gasteiger partial charge in [-0.15, -0.1) is 0 Å². The number of nitrogens with zero attached hydrogens (tertiary/aromatic N) is 3. The van der Waals surface area contributed by atoms with Gasteiger partial charge in [-0.25, -0.2) is 0 Å². The fourth-order valence-corrected chi connectivity index (χ4v) is 6.61. The Labute approximate surface area is 220 Å². The number of hydrogen-bond acceptors (Lipinski definition) is 6. The van der Waals surface area contributed by atoms with Gasteiger partial charge in [0.05, 0.1) is 6.10 Å². The smallest absolute Gasteiger partial charge is 0.251 e. The number of amides is 2. The molecule has 0 aromatic heterocycles. The second kappa shape index (κ2) is 10.4. The first-order valence-electron chi connectivity index (χ1n) is 13.9. The lowest BCUT2D eigenvalue weighted by molar-refractivity contribution is -0.139. The van der Waals surface area contributed by atoms with E-state index in [1.807, 2.05) is 24.3 Å². The first-order valence-corrected chi connectivity index (χ1v) is 13.9. The number of rotatable bonds is 5. The van der Waals surface area contributed by atoms with Crippen molar-refractivity contribution in [3.63, 3.8) is 0 Å². The van der Waals surface area contributed by atoms with Crippen LogP contribution in [0.15, 0.2) is 24.3 Å². The van der Waals surface area contributed by atoms with Crippen molar-refractivity contribution in [1.29, 1.82) is 0 Å². The summed E-state index contributed by atoms with van der Waals surface area (Å²) in [5, 5.41) is 3.10. The maximum absolute atomic E-state index is 14.0. The molecule has 2 amide bonds. The molecular formula is C29H42N4O4. The van der Waals surface area contributed by atoms with Crippen LogP contribution in [0.4, 0.5) is 5.69 Å². The van der Waals surface area contributed by atoms with Gasteiger partial charge >= 0.3 is 0 Å². The van der Waals surface area contributed by atoms with E-state index in [-0.39, 0.29) is 47.6 Å². The van der Waals surface area contributed by atoms with Crippen LogP contribution >= 0.6 is 0 Å². The van der Waals surface area contributed by atoms with Gasteiger partial charge in [0.1, 0.15) is 18.7 Å². The number of fused-ring (bicyclic) bond motifs is 1. The molecule has 1 saturated carbocycles. The highest BCUT2D eigenvalue weighted by Crippen LogP contribution is 2.42. The number of likely N-dealkylation sites (tertiary alicyclic amines) is 1. The maximum atomic E-state index is 14.0. The summed E-state index contributed by atoms with van der Waals surface area (Å²) in [6, 6.07) is 6.55. The lowest BCUT2D eigenvalue weighted by Gasteiger charge is -2.34. The molecule has 1 N–H and O–H groups in total. The highest BCUT2D eigenvalue weighted by atomic mass is 16.5. The number of piperazine rings is 1. The third kappa shape index (κ3) is 5.28. The van der Waals surface area contributed by atoms with Crippen molar-refractivity contribution < 1.29 is 19.1 Å². The van der Waals surface area contributed by atoms with Crippen molar-refractivity contribution in [3.8, 4) is 0 Å². The second-order valence-corrected chi connectivity index (χ2v) is 12.5. The van der Waals surface area contributed by atoms with Gasteiger partial charge in [-0.1, -0.05) is 33.6 Å². The molecule has 0 bridgehead atoms. The van der Waals surface area contributed by atoms with Gasteiger partial charge < -0.3 is 24.8 Å². The zero-order valence-electron chi connectivity index (χ0n) is 22.7. The number of ketones is 1. The Kier molecular flexibility index (Phi) is 7.33. The van der Waals surface area contributed by atoms with Crippen LogP contribution in [-0.2, 0) is 14.3 Å². The SMILES string of the molecule is CN1CCN(c2ccc(C(=O)N[C@H](C(=O)N3C[C@H](C(C)(C)C)[C@H]4OCC(=O)[C@H]43)C3CCCC3)cc2)CC1. The van der Waals surface area contributed by atoms with E-state index in [0.29, 0.717) is 12.1 Å². The van der Waals surface area contributed by atoms with Crippen molar-refractivity contribution in [2.45, 2.75) is 64.6 Å². The number of nitrogens with one attached hydrogen (secondary N) is 1. The summed E-state index contributed by atoms with van der Waals surface area (Å²) in [4.78, 5) is 46.6. The summed E-state index contributed by atoms with van der Waals surface area (Å²) in [6.45, 7) is 10.9. The lowest BCUT2D eigenvalue weighted by Crippen LogP contribution is -2.54. The van der Waals surface area contributed by atoms with Crippen LogP contribution in [0.5, 0.6) is 0 Å². The Hall–Kier alpha value is -2.45. The zero-order chi connectivity index (χ0) is 26.3. The average Bonchev–Trinajstić information content (AvgIpc) is 3.61. The quantitative estimate of drug-likeness (QED) is 0.656. The molecular weight excluding hydrogens is 468 g/mol. The van der Waals surface area contributed by atoms with Crippen molar-refractivity contribution in [2.75, 3.05) is 51.3 Å². The molecule has 202 valence electrons. The van der Waals surface area contributed by atoms with E-state index in [9.17, 15) is 14.4 Å². The molecule has 8 nitrogen and oxygen atoms in total. The van der Waals surface area contributed by atoms with Gasteiger partial charge in [0, 0.05) is 49.9 Å². The van der Waals surface area contributed by atoms with Crippen LogP contribution in [0.25, 0.3) is 0 Å². The van der Waals surface area contributed by atoms with E-state index in [1.54, 1.807) is 4.90 Å². The second-order valence-electron chi connectivity index (χ2n) is 12.5. The number of hydrogen-bond donors (Lipinski definition) is 1. The fraction of sp³-hybridized carbons (Fsp3) is 0.690. The average molecular weight is 511 g/mol. The fourth-order valence-electron chi connectivity index (χ4n) is 6.61. The summed E-state index contributed by atoms with van der Waals surface area (Å²) < 4.78 is 5.89. The molecule has 8 heteroatoms. The van der Waals surface area contributed by atoms with Crippen LogP contribution < -0.4 is 10.2 Å². The van der Waals surface area contributed by atoms with Crippen molar-refractivity contribution >= 4 is 23.3 Å².